The molecule has 31 heavy (non-hydrogen) atoms. The Bertz CT molecular complexity index is 1090. The van der Waals surface area contributed by atoms with Gasteiger partial charge in [-0.15, -0.1) is 5.10 Å². The van der Waals surface area contributed by atoms with Gasteiger partial charge in [-0.2, -0.15) is 22.5 Å². The molecule has 166 valence electrons. The lowest BCUT2D eigenvalue weighted by molar-refractivity contribution is -0.189. The third-order valence-corrected chi connectivity index (χ3v) is 6.16. The zero-order valence-corrected chi connectivity index (χ0v) is 18.2. The van der Waals surface area contributed by atoms with Crippen molar-refractivity contribution in [2.45, 2.75) is 39.1 Å². The normalized spacial score (nSPS) is 20.8. The van der Waals surface area contributed by atoms with E-state index in [2.05, 4.69) is 44.2 Å². The molecule has 0 radical (unpaired) electrons. The van der Waals surface area contributed by atoms with Crippen LogP contribution in [0.25, 0.3) is 5.65 Å². The number of ether oxygens (including phenoxy) is 1. The molecule has 0 saturated carbocycles. The number of hydrogen-bond donors (Lipinski definition) is 1. The summed E-state index contributed by atoms with van der Waals surface area (Å²) in [5, 5.41) is 8.76. The standard InChI is InChI=1S/C20H23F3N6OS/c1-11-9-28(16-8-13(3)27-31-16)10-12(2)17(11)24-19-25-18-15(6-5-7-29(18)26-19)30-14(4)20(21,22)23/h5-8,12,14,17H,1,9-10H2,2-4H3,(H,24,26)/t12?,14-,17?/m0/s1. The van der Waals surface area contributed by atoms with Crippen molar-refractivity contribution >= 4 is 28.1 Å². The number of pyridine rings is 1. The lowest BCUT2D eigenvalue weighted by atomic mass is 9.90. The van der Waals surface area contributed by atoms with Crippen LogP contribution in [0.1, 0.15) is 19.5 Å². The van der Waals surface area contributed by atoms with Crippen LogP contribution in [0.5, 0.6) is 5.75 Å². The lowest BCUT2D eigenvalue weighted by Crippen LogP contribution is -2.46. The van der Waals surface area contributed by atoms with Gasteiger partial charge in [-0.3, -0.25) is 0 Å². The fourth-order valence-corrected chi connectivity index (χ4v) is 4.37. The minimum atomic E-state index is -4.47. The van der Waals surface area contributed by atoms with E-state index in [1.165, 1.54) is 22.1 Å². The summed E-state index contributed by atoms with van der Waals surface area (Å²) in [7, 11) is 0. The SMILES string of the molecule is C=C1CN(c2cc(C)ns2)CC(C)C1Nc1nc2c(O[C@@H](C)C(F)(F)F)cccn2n1. The summed E-state index contributed by atoms with van der Waals surface area (Å²) in [4.78, 5) is 6.62. The van der Waals surface area contributed by atoms with Crippen molar-refractivity contribution < 1.29 is 17.9 Å². The maximum absolute atomic E-state index is 12.9. The molecule has 1 N–H and O–H groups in total. The average molecular weight is 453 g/mol. The highest BCUT2D eigenvalue weighted by molar-refractivity contribution is 7.10. The molecule has 1 saturated heterocycles. The Morgan fingerprint density at radius 3 is 2.81 bits per heavy atom. The molecule has 3 atom stereocenters. The number of alkyl halides is 3. The van der Waals surface area contributed by atoms with Gasteiger partial charge in [0.05, 0.1) is 11.7 Å². The van der Waals surface area contributed by atoms with E-state index in [1.807, 2.05) is 6.92 Å². The van der Waals surface area contributed by atoms with Gasteiger partial charge in [0.25, 0.3) is 0 Å². The van der Waals surface area contributed by atoms with Gasteiger partial charge in [-0.25, -0.2) is 4.52 Å². The largest absolute Gasteiger partial charge is 0.477 e. The number of piperidine rings is 1. The molecular formula is C20H23F3N6OS. The van der Waals surface area contributed by atoms with Crippen molar-refractivity contribution in [3.05, 3.63) is 42.2 Å². The van der Waals surface area contributed by atoms with Gasteiger partial charge >= 0.3 is 6.18 Å². The fourth-order valence-electron chi connectivity index (χ4n) is 3.61. The Morgan fingerprint density at radius 1 is 1.39 bits per heavy atom. The number of fused-ring (bicyclic) bond motifs is 1. The molecule has 1 aliphatic heterocycles. The van der Waals surface area contributed by atoms with Crippen LogP contribution < -0.4 is 15.0 Å². The maximum Gasteiger partial charge on any atom is 0.425 e. The Labute approximate surface area is 181 Å². The molecule has 3 aromatic heterocycles. The minimum absolute atomic E-state index is 0.0233. The number of rotatable bonds is 5. The van der Waals surface area contributed by atoms with E-state index >= 15 is 0 Å². The Morgan fingerprint density at radius 2 is 2.16 bits per heavy atom. The molecule has 11 heteroatoms. The molecule has 3 aromatic rings. The second-order valence-corrected chi connectivity index (χ2v) is 8.61. The molecule has 0 aromatic carbocycles. The van der Waals surface area contributed by atoms with Gasteiger partial charge in [0.1, 0.15) is 5.00 Å². The topological polar surface area (TPSA) is 67.6 Å². The molecule has 0 aliphatic carbocycles. The van der Waals surface area contributed by atoms with Crippen LogP contribution in [0.3, 0.4) is 0 Å². The second-order valence-electron chi connectivity index (χ2n) is 7.82. The average Bonchev–Trinajstić information content (AvgIpc) is 3.30. The molecule has 2 unspecified atom stereocenters. The van der Waals surface area contributed by atoms with E-state index in [4.69, 9.17) is 4.74 Å². The molecule has 4 heterocycles. The van der Waals surface area contributed by atoms with Crippen LogP contribution in [0, 0.1) is 12.8 Å². The predicted octanol–water partition coefficient (Wildman–Crippen LogP) is 4.32. The smallest absolute Gasteiger partial charge is 0.425 e. The first kappa shape index (κ1) is 21.4. The highest BCUT2D eigenvalue weighted by Gasteiger charge is 2.38. The minimum Gasteiger partial charge on any atom is -0.477 e. The van der Waals surface area contributed by atoms with E-state index in [0.29, 0.717) is 12.5 Å². The summed E-state index contributed by atoms with van der Waals surface area (Å²) in [6.07, 6.45) is -4.80. The lowest BCUT2D eigenvalue weighted by Gasteiger charge is -2.39. The van der Waals surface area contributed by atoms with Crippen molar-refractivity contribution in [1.82, 2.24) is 19.0 Å². The van der Waals surface area contributed by atoms with E-state index in [9.17, 15) is 13.2 Å². The number of hydrogen-bond acceptors (Lipinski definition) is 7. The van der Waals surface area contributed by atoms with Crippen LogP contribution in [0.15, 0.2) is 36.5 Å². The molecule has 4 rings (SSSR count). The Hall–Kier alpha value is -2.82. The van der Waals surface area contributed by atoms with Crippen LogP contribution in [-0.4, -0.2) is 50.4 Å². The van der Waals surface area contributed by atoms with Crippen molar-refractivity contribution in [2.75, 3.05) is 23.3 Å². The van der Waals surface area contributed by atoms with E-state index < -0.39 is 12.3 Å². The van der Waals surface area contributed by atoms with Crippen LogP contribution >= 0.6 is 11.5 Å². The summed E-state index contributed by atoms with van der Waals surface area (Å²) in [6.45, 7) is 10.8. The van der Waals surface area contributed by atoms with Crippen molar-refractivity contribution in [2.24, 2.45) is 5.92 Å². The van der Waals surface area contributed by atoms with Gasteiger partial charge in [0.15, 0.2) is 17.5 Å². The van der Waals surface area contributed by atoms with Gasteiger partial charge in [-0.1, -0.05) is 13.5 Å². The number of anilines is 2. The van der Waals surface area contributed by atoms with E-state index in [-0.39, 0.29) is 23.4 Å². The zero-order valence-electron chi connectivity index (χ0n) is 17.3. The molecule has 1 aliphatic rings. The first-order valence-corrected chi connectivity index (χ1v) is 10.6. The second kappa shape index (κ2) is 8.03. The van der Waals surface area contributed by atoms with Gasteiger partial charge in [0.2, 0.25) is 5.95 Å². The molecule has 7 nitrogen and oxygen atoms in total. The predicted molar refractivity (Wildman–Crippen MR) is 114 cm³/mol. The third-order valence-electron chi connectivity index (χ3n) is 5.21. The molecule has 0 bridgehead atoms. The monoisotopic (exact) mass is 452 g/mol. The maximum atomic E-state index is 12.9. The van der Waals surface area contributed by atoms with Crippen LogP contribution in [0.2, 0.25) is 0 Å². The highest BCUT2D eigenvalue weighted by atomic mass is 32.1. The summed E-state index contributed by atoms with van der Waals surface area (Å²) in [5.41, 5.74) is 2.19. The number of nitrogens with one attached hydrogen (secondary N) is 1. The number of aromatic nitrogens is 4. The Kier molecular flexibility index (Phi) is 5.54. The van der Waals surface area contributed by atoms with Gasteiger partial charge < -0.3 is 15.0 Å². The van der Waals surface area contributed by atoms with Gasteiger partial charge in [0, 0.05) is 19.3 Å². The quantitative estimate of drug-likeness (QED) is 0.582. The third kappa shape index (κ3) is 4.46. The van der Waals surface area contributed by atoms with Crippen LogP contribution in [-0.2, 0) is 0 Å². The van der Waals surface area contributed by atoms with Crippen molar-refractivity contribution in [3.8, 4) is 5.75 Å². The van der Waals surface area contributed by atoms with Crippen LogP contribution in [0.4, 0.5) is 24.1 Å². The van der Waals surface area contributed by atoms with Gasteiger partial charge in [-0.05, 0) is 55.1 Å². The zero-order chi connectivity index (χ0) is 22.3. The Balaban J connectivity index is 1.51. The summed E-state index contributed by atoms with van der Waals surface area (Å²) in [5.74, 6) is 0.544. The number of aryl methyl sites for hydroxylation is 1. The fraction of sp³-hybridized carbons (Fsp3) is 0.450. The molecule has 0 amide bonds. The van der Waals surface area contributed by atoms with Crippen molar-refractivity contribution in [1.29, 1.82) is 0 Å². The highest BCUT2D eigenvalue weighted by Crippen LogP contribution is 2.31. The molecular weight excluding hydrogens is 429 g/mol. The van der Waals surface area contributed by atoms with E-state index in [1.54, 1.807) is 12.3 Å². The first-order valence-electron chi connectivity index (χ1n) is 9.83. The van der Waals surface area contributed by atoms with Crippen molar-refractivity contribution in [3.63, 3.8) is 0 Å². The number of halogens is 3. The van der Waals surface area contributed by atoms with E-state index in [0.717, 1.165) is 29.7 Å². The number of nitrogens with zero attached hydrogens (tertiary/aromatic N) is 5. The summed E-state index contributed by atoms with van der Waals surface area (Å²) >= 11 is 1.47. The molecule has 0 spiro atoms. The first-order chi connectivity index (χ1) is 14.6. The molecule has 1 fully saturated rings. The summed E-state index contributed by atoms with van der Waals surface area (Å²) < 4.78 is 49.5. The summed E-state index contributed by atoms with van der Waals surface area (Å²) in [6, 6.07) is 5.01.